The van der Waals surface area contributed by atoms with Crippen LogP contribution in [0, 0.1) is 10.1 Å². The Morgan fingerprint density at radius 3 is 2.61 bits per heavy atom. The van der Waals surface area contributed by atoms with Crippen LogP contribution < -0.4 is 15.8 Å². The lowest BCUT2D eigenvalue weighted by Gasteiger charge is -2.18. The van der Waals surface area contributed by atoms with Crippen LogP contribution in [0.1, 0.15) is 19.8 Å². The molecule has 0 fully saturated rings. The van der Waals surface area contributed by atoms with Gasteiger partial charge in [0.15, 0.2) is 0 Å². The van der Waals surface area contributed by atoms with Crippen molar-refractivity contribution in [2.24, 2.45) is 0 Å². The molecule has 8 heteroatoms. The van der Waals surface area contributed by atoms with Crippen LogP contribution >= 0.6 is 0 Å². The Morgan fingerprint density at radius 1 is 1.22 bits per heavy atom. The lowest BCUT2D eigenvalue weighted by molar-refractivity contribution is -0.383. The standard InChI is InChI=1S/C15H20N6O2/c1-3-4-10-20(2)15-13(21(22)23)14(16-11-17-15)19-18-12-8-6-5-7-9-12/h5-9,11,18H,3-4,10H2,1-2H3,(H,16,17,19). The van der Waals surface area contributed by atoms with E-state index in [1.165, 1.54) is 6.33 Å². The highest BCUT2D eigenvalue weighted by Gasteiger charge is 2.25. The summed E-state index contributed by atoms with van der Waals surface area (Å²) in [5, 5.41) is 11.5. The van der Waals surface area contributed by atoms with Crippen molar-refractivity contribution >= 4 is 23.0 Å². The molecule has 122 valence electrons. The molecule has 0 amide bonds. The molecule has 0 saturated heterocycles. The third-order valence-corrected chi connectivity index (χ3v) is 3.29. The van der Waals surface area contributed by atoms with E-state index in [4.69, 9.17) is 0 Å². The maximum absolute atomic E-state index is 11.5. The minimum Gasteiger partial charge on any atom is -0.354 e. The van der Waals surface area contributed by atoms with Gasteiger partial charge >= 0.3 is 5.69 Å². The lowest BCUT2D eigenvalue weighted by Crippen LogP contribution is -2.22. The third kappa shape index (κ3) is 4.29. The van der Waals surface area contributed by atoms with Crippen LogP contribution in [0.4, 0.5) is 23.0 Å². The van der Waals surface area contributed by atoms with Gasteiger partial charge in [-0.15, -0.1) is 0 Å². The van der Waals surface area contributed by atoms with Crippen molar-refractivity contribution in [1.29, 1.82) is 0 Å². The van der Waals surface area contributed by atoms with E-state index in [0.29, 0.717) is 12.4 Å². The Hall–Kier alpha value is -2.90. The highest BCUT2D eigenvalue weighted by atomic mass is 16.6. The number of para-hydroxylation sites is 1. The number of hydrogen-bond acceptors (Lipinski definition) is 7. The zero-order valence-electron chi connectivity index (χ0n) is 13.2. The second-order valence-corrected chi connectivity index (χ2v) is 5.04. The first-order chi connectivity index (χ1) is 11.1. The maximum Gasteiger partial charge on any atom is 0.355 e. The molecule has 0 spiro atoms. The van der Waals surface area contributed by atoms with Crippen molar-refractivity contribution in [3.05, 3.63) is 46.8 Å². The fourth-order valence-corrected chi connectivity index (χ4v) is 2.06. The topological polar surface area (TPSA) is 96.2 Å². The zero-order chi connectivity index (χ0) is 16.7. The molecule has 0 radical (unpaired) electrons. The van der Waals surface area contributed by atoms with Crippen molar-refractivity contribution in [1.82, 2.24) is 9.97 Å². The molecule has 2 N–H and O–H groups in total. The summed E-state index contributed by atoms with van der Waals surface area (Å²) in [6.45, 7) is 2.76. The van der Waals surface area contributed by atoms with Crippen LogP contribution in [0.15, 0.2) is 36.7 Å². The van der Waals surface area contributed by atoms with Gasteiger partial charge in [0.25, 0.3) is 0 Å². The third-order valence-electron chi connectivity index (χ3n) is 3.29. The number of benzene rings is 1. The van der Waals surface area contributed by atoms with Crippen molar-refractivity contribution < 1.29 is 4.92 Å². The Bertz CT molecular complexity index is 650. The molecule has 0 saturated carbocycles. The second kappa shape index (κ2) is 7.92. The van der Waals surface area contributed by atoms with Crippen molar-refractivity contribution in [2.75, 3.05) is 29.3 Å². The van der Waals surface area contributed by atoms with Crippen LogP contribution in [0.5, 0.6) is 0 Å². The molecule has 1 aromatic heterocycles. The van der Waals surface area contributed by atoms with Gasteiger partial charge in [0.05, 0.1) is 10.6 Å². The number of rotatable bonds is 8. The number of hydrazine groups is 1. The van der Waals surface area contributed by atoms with Crippen LogP contribution in [-0.2, 0) is 0 Å². The van der Waals surface area contributed by atoms with E-state index in [-0.39, 0.29) is 11.5 Å². The number of hydrogen-bond donors (Lipinski definition) is 2. The van der Waals surface area contributed by atoms with E-state index in [0.717, 1.165) is 18.5 Å². The first-order valence-electron chi connectivity index (χ1n) is 7.41. The predicted molar refractivity (Wildman–Crippen MR) is 90.6 cm³/mol. The normalized spacial score (nSPS) is 10.2. The molecular weight excluding hydrogens is 296 g/mol. The largest absolute Gasteiger partial charge is 0.355 e. The summed E-state index contributed by atoms with van der Waals surface area (Å²) >= 11 is 0. The van der Waals surface area contributed by atoms with E-state index < -0.39 is 4.92 Å². The number of nitrogens with zero attached hydrogens (tertiary/aromatic N) is 4. The van der Waals surface area contributed by atoms with E-state index in [9.17, 15) is 10.1 Å². The van der Waals surface area contributed by atoms with E-state index >= 15 is 0 Å². The molecule has 1 aromatic carbocycles. The Kier molecular flexibility index (Phi) is 5.67. The van der Waals surface area contributed by atoms with E-state index in [1.54, 1.807) is 11.9 Å². The molecule has 2 rings (SSSR count). The van der Waals surface area contributed by atoms with Gasteiger partial charge < -0.3 is 4.90 Å². The van der Waals surface area contributed by atoms with Gasteiger partial charge in [0.1, 0.15) is 6.33 Å². The van der Waals surface area contributed by atoms with E-state index in [1.807, 2.05) is 30.3 Å². The van der Waals surface area contributed by atoms with Gasteiger partial charge in [-0.05, 0) is 18.6 Å². The number of aromatic nitrogens is 2. The van der Waals surface area contributed by atoms with Gasteiger partial charge in [0.2, 0.25) is 11.6 Å². The Labute approximate surface area is 134 Å². The first kappa shape index (κ1) is 16.5. The minimum absolute atomic E-state index is 0.132. The summed E-state index contributed by atoms with van der Waals surface area (Å²) in [6.07, 6.45) is 3.26. The molecule has 0 bridgehead atoms. The summed E-state index contributed by atoms with van der Waals surface area (Å²) in [6, 6.07) is 9.30. The SMILES string of the molecule is CCCCN(C)c1ncnc(NNc2ccccc2)c1[N+](=O)[O-]. The molecule has 0 aliphatic rings. The quantitative estimate of drug-likeness (QED) is 0.570. The maximum atomic E-state index is 11.5. The predicted octanol–water partition coefficient (Wildman–Crippen LogP) is 3.06. The average molecular weight is 316 g/mol. The molecular formula is C15H20N6O2. The summed E-state index contributed by atoms with van der Waals surface area (Å²) in [4.78, 5) is 20.8. The van der Waals surface area contributed by atoms with E-state index in [2.05, 4.69) is 27.7 Å². The molecule has 0 atom stereocenters. The van der Waals surface area contributed by atoms with Crippen LogP contribution in [0.3, 0.4) is 0 Å². The van der Waals surface area contributed by atoms with Crippen LogP contribution in [0.2, 0.25) is 0 Å². The Morgan fingerprint density at radius 2 is 1.96 bits per heavy atom. The van der Waals surface area contributed by atoms with Crippen molar-refractivity contribution in [3.8, 4) is 0 Å². The van der Waals surface area contributed by atoms with Crippen molar-refractivity contribution in [2.45, 2.75) is 19.8 Å². The van der Waals surface area contributed by atoms with Crippen molar-refractivity contribution in [3.63, 3.8) is 0 Å². The summed E-state index contributed by atoms with van der Waals surface area (Å²) in [5.74, 6) is 0.433. The molecule has 0 unspecified atom stereocenters. The van der Waals surface area contributed by atoms with Gasteiger partial charge in [-0.3, -0.25) is 21.0 Å². The number of nitro groups is 1. The monoisotopic (exact) mass is 316 g/mol. The minimum atomic E-state index is -0.465. The number of anilines is 3. The van der Waals surface area contributed by atoms with Gasteiger partial charge in [-0.2, -0.15) is 0 Å². The summed E-state index contributed by atoms with van der Waals surface area (Å²) < 4.78 is 0. The number of unbranched alkanes of at least 4 members (excludes halogenated alkanes) is 1. The lowest BCUT2D eigenvalue weighted by atomic mass is 10.3. The number of nitrogens with one attached hydrogen (secondary N) is 2. The van der Waals surface area contributed by atoms with Gasteiger partial charge in [-0.1, -0.05) is 31.5 Å². The first-order valence-corrected chi connectivity index (χ1v) is 7.41. The molecule has 8 nitrogen and oxygen atoms in total. The fourth-order valence-electron chi connectivity index (χ4n) is 2.06. The summed E-state index contributed by atoms with van der Waals surface area (Å²) in [5.41, 5.74) is 6.33. The van der Waals surface area contributed by atoms with Crippen LogP contribution in [-0.4, -0.2) is 28.5 Å². The highest BCUT2D eigenvalue weighted by Crippen LogP contribution is 2.31. The molecule has 2 aromatic rings. The molecule has 23 heavy (non-hydrogen) atoms. The highest BCUT2D eigenvalue weighted by molar-refractivity contribution is 5.71. The molecule has 0 aliphatic carbocycles. The molecule has 0 aliphatic heterocycles. The van der Waals surface area contributed by atoms with Gasteiger partial charge in [0, 0.05) is 13.6 Å². The van der Waals surface area contributed by atoms with Crippen LogP contribution in [0.25, 0.3) is 0 Å². The second-order valence-electron chi connectivity index (χ2n) is 5.04. The smallest absolute Gasteiger partial charge is 0.354 e. The average Bonchev–Trinajstić information content (AvgIpc) is 2.58. The molecule has 1 heterocycles. The summed E-state index contributed by atoms with van der Waals surface area (Å²) in [7, 11) is 1.79. The Balaban J connectivity index is 2.23. The fraction of sp³-hybridized carbons (Fsp3) is 0.333. The van der Waals surface area contributed by atoms with Gasteiger partial charge in [-0.25, -0.2) is 9.97 Å². The zero-order valence-corrected chi connectivity index (χ0v) is 13.2.